The van der Waals surface area contributed by atoms with Crippen LogP contribution in [0.1, 0.15) is 11.1 Å². The third kappa shape index (κ3) is 1.75. The van der Waals surface area contributed by atoms with Crippen molar-refractivity contribution in [1.29, 1.82) is 0 Å². The molecule has 3 rings (SSSR count). The van der Waals surface area contributed by atoms with Crippen molar-refractivity contribution in [3.05, 3.63) is 35.0 Å². The highest BCUT2D eigenvalue weighted by molar-refractivity contribution is 6.21. The standard InChI is InChI=1S/C12H12N6O/c1-18-16-12(15-17-18)6-2-3-8-7(4-6)5-9(13)10(8)11(14)19/h2-4H,5,13H2,1H3,(H2,14,19). The topological polar surface area (TPSA) is 113 Å². The molecule has 1 heterocycles. The van der Waals surface area contributed by atoms with Crippen LogP contribution in [0.3, 0.4) is 0 Å². The highest BCUT2D eigenvalue weighted by atomic mass is 16.1. The minimum Gasteiger partial charge on any atom is -0.401 e. The van der Waals surface area contributed by atoms with E-state index in [9.17, 15) is 4.79 Å². The van der Waals surface area contributed by atoms with E-state index in [1.165, 1.54) is 4.80 Å². The van der Waals surface area contributed by atoms with Crippen molar-refractivity contribution < 1.29 is 4.79 Å². The molecule has 4 N–H and O–H groups in total. The number of fused-ring (bicyclic) bond motifs is 1. The number of nitrogens with zero attached hydrogens (tertiary/aromatic N) is 4. The van der Waals surface area contributed by atoms with E-state index in [0.29, 0.717) is 23.5 Å². The number of primary amides is 1. The molecule has 1 aliphatic rings. The third-order valence-electron chi connectivity index (χ3n) is 3.09. The molecule has 0 spiro atoms. The first-order valence-corrected chi connectivity index (χ1v) is 5.72. The van der Waals surface area contributed by atoms with E-state index in [-0.39, 0.29) is 0 Å². The van der Waals surface area contributed by atoms with E-state index in [2.05, 4.69) is 15.4 Å². The lowest BCUT2D eigenvalue weighted by molar-refractivity contribution is -0.112. The Hall–Kier alpha value is -2.70. The number of aryl methyl sites for hydroxylation is 1. The van der Waals surface area contributed by atoms with Crippen LogP contribution in [0.15, 0.2) is 23.9 Å². The summed E-state index contributed by atoms with van der Waals surface area (Å²) in [4.78, 5) is 12.8. The number of hydrogen-bond acceptors (Lipinski definition) is 5. The molecule has 0 saturated heterocycles. The van der Waals surface area contributed by atoms with Crippen LogP contribution in [-0.4, -0.2) is 26.1 Å². The molecular formula is C12H12N6O. The lowest BCUT2D eigenvalue weighted by atomic mass is 10.0. The second-order valence-corrected chi connectivity index (χ2v) is 4.42. The van der Waals surface area contributed by atoms with Crippen LogP contribution in [0.25, 0.3) is 17.0 Å². The first-order valence-electron chi connectivity index (χ1n) is 5.72. The van der Waals surface area contributed by atoms with Gasteiger partial charge >= 0.3 is 0 Å². The summed E-state index contributed by atoms with van der Waals surface area (Å²) in [6.45, 7) is 0. The fourth-order valence-electron chi connectivity index (χ4n) is 2.28. The maximum Gasteiger partial charge on any atom is 0.251 e. The third-order valence-corrected chi connectivity index (χ3v) is 3.09. The van der Waals surface area contributed by atoms with Gasteiger partial charge in [-0.2, -0.15) is 4.80 Å². The fourth-order valence-corrected chi connectivity index (χ4v) is 2.28. The number of nitrogens with two attached hydrogens (primary N) is 2. The Kier molecular flexibility index (Phi) is 2.34. The molecule has 0 atom stereocenters. The molecule has 19 heavy (non-hydrogen) atoms. The zero-order chi connectivity index (χ0) is 13.6. The first-order chi connectivity index (χ1) is 9.06. The van der Waals surface area contributed by atoms with Gasteiger partial charge in [0.05, 0.1) is 12.6 Å². The highest BCUT2D eigenvalue weighted by Crippen LogP contribution is 2.32. The summed E-state index contributed by atoms with van der Waals surface area (Å²) in [6, 6.07) is 5.56. The molecule has 1 aromatic carbocycles. The van der Waals surface area contributed by atoms with Crippen LogP contribution in [0.2, 0.25) is 0 Å². The van der Waals surface area contributed by atoms with Crippen molar-refractivity contribution in [2.45, 2.75) is 6.42 Å². The molecule has 96 valence electrons. The van der Waals surface area contributed by atoms with E-state index in [1.807, 2.05) is 18.2 Å². The SMILES string of the molecule is Cn1nnc(-c2ccc3c(c2)CC(N)=C3C(N)=O)n1. The molecular weight excluding hydrogens is 244 g/mol. The Morgan fingerprint density at radius 3 is 2.84 bits per heavy atom. The van der Waals surface area contributed by atoms with Crippen molar-refractivity contribution in [1.82, 2.24) is 20.2 Å². The van der Waals surface area contributed by atoms with Gasteiger partial charge in [0.15, 0.2) is 0 Å². The molecule has 0 unspecified atom stereocenters. The average Bonchev–Trinajstić information content (AvgIpc) is 2.90. The van der Waals surface area contributed by atoms with Gasteiger partial charge in [-0.15, -0.1) is 10.2 Å². The summed E-state index contributed by atoms with van der Waals surface area (Å²) in [5, 5.41) is 11.9. The Labute approximate surface area is 108 Å². The van der Waals surface area contributed by atoms with Gasteiger partial charge < -0.3 is 11.5 Å². The smallest absolute Gasteiger partial charge is 0.251 e. The summed E-state index contributed by atoms with van der Waals surface area (Å²) in [6.07, 6.45) is 0.516. The highest BCUT2D eigenvalue weighted by Gasteiger charge is 2.24. The molecule has 0 aliphatic heterocycles. The molecule has 2 aromatic rings. The second-order valence-electron chi connectivity index (χ2n) is 4.42. The molecule has 1 aromatic heterocycles. The molecule has 0 bridgehead atoms. The average molecular weight is 256 g/mol. The maximum absolute atomic E-state index is 11.4. The van der Waals surface area contributed by atoms with Crippen molar-refractivity contribution in [3.63, 3.8) is 0 Å². The molecule has 0 saturated carbocycles. The largest absolute Gasteiger partial charge is 0.401 e. The Bertz CT molecular complexity index is 715. The number of tetrazole rings is 1. The molecule has 1 aliphatic carbocycles. The summed E-state index contributed by atoms with van der Waals surface area (Å²) < 4.78 is 0. The lowest BCUT2D eigenvalue weighted by Gasteiger charge is -2.03. The van der Waals surface area contributed by atoms with Crippen LogP contribution < -0.4 is 11.5 Å². The lowest BCUT2D eigenvalue weighted by Crippen LogP contribution is -2.15. The van der Waals surface area contributed by atoms with E-state index in [1.54, 1.807) is 7.05 Å². The van der Waals surface area contributed by atoms with E-state index >= 15 is 0 Å². The first kappa shape index (κ1) is 11.4. The number of carbonyl (C=O) groups is 1. The number of carbonyl (C=O) groups excluding carboxylic acids is 1. The van der Waals surface area contributed by atoms with E-state index < -0.39 is 5.91 Å². The molecule has 7 heteroatoms. The quantitative estimate of drug-likeness (QED) is 0.758. The predicted octanol–water partition coefficient (Wildman–Crippen LogP) is -0.412. The summed E-state index contributed by atoms with van der Waals surface area (Å²) >= 11 is 0. The number of amides is 1. The maximum atomic E-state index is 11.4. The minimum atomic E-state index is -0.498. The van der Waals surface area contributed by atoms with Crippen LogP contribution in [-0.2, 0) is 18.3 Å². The normalized spacial score (nSPS) is 13.7. The van der Waals surface area contributed by atoms with Crippen molar-refractivity contribution in [2.24, 2.45) is 18.5 Å². The number of rotatable bonds is 2. The van der Waals surface area contributed by atoms with Gasteiger partial charge in [-0.25, -0.2) is 0 Å². The molecule has 0 fully saturated rings. The Morgan fingerprint density at radius 2 is 2.21 bits per heavy atom. The second kappa shape index (κ2) is 3.91. The van der Waals surface area contributed by atoms with Crippen LogP contribution in [0, 0.1) is 0 Å². The summed E-state index contributed by atoms with van der Waals surface area (Å²) in [5.41, 5.74) is 14.7. The van der Waals surface area contributed by atoms with Gasteiger partial charge in [0.2, 0.25) is 5.82 Å². The monoisotopic (exact) mass is 256 g/mol. The van der Waals surface area contributed by atoms with Crippen LogP contribution in [0.5, 0.6) is 0 Å². The van der Waals surface area contributed by atoms with Crippen LogP contribution >= 0.6 is 0 Å². The van der Waals surface area contributed by atoms with Crippen molar-refractivity contribution in [3.8, 4) is 11.4 Å². The number of aromatic nitrogens is 4. The van der Waals surface area contributed by atoms with Crippen LogP contribution in [0.4, 0.5) is 0 Å². The Balaban J connectivity index is 2.06. The van der Waals surface area contributed by atoms with Gasteiger partial charge in [-0.05, 0) is 22.4 Å². The number of benzene rings is 1. The number of allylic oxidation sites excluding steroid dienone is 1. The zero-order valence-electron chi connectivity index (χ0n) is 10.3. The minimum absolute atomic E-state index is 0.411. The van der Waals surface area contributed by atoms with Gasteiger partial charge in [0.1, 0.15) is 0 Å². The molecule has 1 amide bonds. The van der Waals surface area contributed by atoms with Gasteiger partial charge in [0.25, 0.3) is 5.91 Å². The van der Waals surface area contributed by atoms with E-state index in [4.69, 9.17) is 11.5 Å². The fraction of sp³-hybridized carbons (Fsp3) is 0.167. The zero-order valence-corrected chi connectivity index (χ0v) is 10.3. The molecule has 0 radical (unpaired) electrons. The van der Waals surface area contributed by atoms with Gasteiger partial charge in [-0.1, -0.05) is 12.1 Å². The summed E-state index contributed by atoms with van der Waals surface area (Å²) in [7, 11) is 1.70. The summed E-state index contributed by atoms with van der Waals surface area (Å²) in [5.74, 6) is 0.0398. The van der Waals surface area contributed by atoms with Crippen molar-refractivity contribution in [2.75, 3.05) is 0 Å². The number of hydrogen-bond donors (Lipinski definition) is 2. The van der Waals surface area contributed by atoms with E-state index in [0.717, 1.165) is 16.7 Å². The van der Waals surface area contributed by atoms with Crippen molar-refractivity contribution >= 4 is 11.5 Å². The Morgan fingerprint density at radius 1 is 1.42 bits per heavy atom. The van der Waals surface area contributed by atoms with Gasteiger partial charge in [0, 0.05) is 17.7 Å². The predicted molar refractivity (Wildman–Crippen MR) is 68.2 cm³/mol. The molecule has 7 nitrogen and oxygen atoms in total. The van der Waals surface area contributed by atoms with Gasteiger partial charge in [-0.3, -0.25) is 4.79 Å².